The Hall–Kier alpha value is -5.40. The molecule has 0 fully saturated rings. The Morgan fingerprint density at radius 3 is 2.17 bits per heavy atom. The van der Waals surface area contributed by atoms with E-state index in [2.05, 4.69) is 0 Å². The van der Waals surface area contributed by atoms with Crippen molar-refractivity contribution in [1.29, 1.82) is 0 Å². The normalized spacial score (nSPS) is 14.3. The lowest BCUT2D eigenvalue weighted by Crippen LogP contribution is -1.92. The molecule has 1 heterocycles. The van der Waals surface area contributed by atoms with Gasteiger partial charge in [-0.05, 0) is 85.1 Å². The van der Waals surface area contributed by atoms with Gasteiger partial charge in [0.15, 0.2) is 0 Å². The second-order valence-corrected chi connectivity index (χ2v) is 10.8. The summed E-state index contributed by atoms with van der Waals surface area (Å²) in [6.45, 7) is 1.66. The summed E-state index contributed by atoms with van der Waals surface area (Å²) < 4.78 is 70.7. The molecule has 1 aromatic heterocycles. The van der Waals surface area contributed by atoms with E-state index in [4.69, 9.17) is 8.53 Å². The first-order valence-corrected chi connectivity index (χ1v) is 14.0. The van der Waals surface area contributed by atoms with Crippen LogP contribution in [0.4, 0.5) is 0 Å². The van der Waals surface area contributed by atoms with Crippen molar-refractivity contribution in [3.05, 3.63) is 145 Å². The minimum atomic E-state index is -0.390. The van der Waals surface area contributed by atoms with Gasteiger partial charge in [0.2, 0.25) is 0 Å². The quantitative estimate of drug-likeness (QED) is 0.198. The van der Waals surface area contributed by atoms with Crippen LogP contribution in [0.5, 0.6) is 0 Å². The van der Waals surface area contributed by atoms with Crippen molar-refractivity contribution >= 4 is 65.0 Å². The second-order valence-electron chi connectivity index (χ2n) is 10.8. The highest BCUT2D eigenvalue weighted by atomic mass is 16.3. The van der Waals surface area contributed by atoms with Gasteiger partial charge in [0.05, 0.1) is 9.60 Å². The summed E-state index contributed by atoms with van der Waals surface area (Å²) in [5.41, 5.74) is 3.70. The summed E-state index contributed by atoms with van der Waals surface area (Å²) in [6.07, 6.45) is 0. The minimum absolute atomic E-state index is 0.0394. The third-order valence-electron chi connectivity index (χ3n) is 8.32. The lowest BCUT2D eigenvalue weighted by Gasteiger charge is -2.19. The van der Waals surface area contributed by atoms with Gasteiger partial charge in [-0.2, -0.15) is 0 Å². The maximum Gasteiger partial charge on any atom is 0.143 e. The van der Waals surface area contributed by atoms with Gasteiger partial charge in [0.1, 0.15) is 11.2 Å². The van der Waals surface area contributed by atoms with Crippen molar-refractivity contribution < 1.29 is 14.0 Å². The van der Waals surface area contributed by atoms with E-state index < -0.39 is 0 Å². The first-order chi connectivity index (χ1) is 23.7. The Bertz CT molecular complexity index is 2840. The van der Waals surface area contributed by atoms with Gasteiger partial charge >= 0.3 is 0 Å². The third kappa shape index (κ3) is 3.31. The molecule has 0 amide bonds. The van der Waals surface area contributed by atoms with Gasteiger partial charge in [0.25, 0.3) is 0 Å². The van der Waals surface area contributed by atoms with E-state index in [0.29, 0.717) is 49.8 Å². The summed E-state index contributed by atoms with van der Waals surface area (Å²) >= 11 is 0. The van der Waals surface area contributed by atoms with Gasteiger partial charge in [-0.1, -0.05) is 127 Å². The number of benzene rings is 8. The van der Waals surface area contributed by atoms with Crippen LogP contribution in [0, 0.1) is 6.92 Å². The number of hydrogen-bond donors (Lipinski definition) is 0. The zero-order valence-electron chi connectivity index (χ0n) is 29.6. The molecule has 0 aliphatic heterocycles. The standard InChI is InChI=1S/C41H26O/c1-25-17-21-33-36(23-25)39(32-14-7-6-13-31(32)38(33)29-19-18-26-9-2-3-11-28(26)24-29)34-15-8-16-37-40(34)35-22-20-27-10-4-5-12-30(27)41(35)42-37/h2-24H,1H3/i6D,7D,13D,14D,17D,21D,23D. The fraction of sp³-hybridized carbons (Fsp3) is 0.0244. The number of hydrogen-bond acceptors (Lipinski definition) is 1. The fourth-order valence-electron chi connectivity index (χ4n) is 6.48. The van der Waals surface area contributed by atoms with Crippen molar-refractivity contribution in [1.82, 2.24) is 0 Å². The highest BCUT2D eigenvalue weighted by molar-refractivity contribution is 6.27. The Morgan fingerprint density at radius 1 is 0.548 bits per heavy atom. The van der Waals surface area contributed by atoms with Crippen LogP contribution in [0.2, 0.25) is 0 Å². The van der Waals surface area contributed by atoms with Crippen LogP contribution in [-0.2, 0) is 0 Å². The number of fused-ring (bicyclic) bond motifs is 8. The van der Waals surface area contributed by atoms with E-state index in [1.807, 2.05) is 97.1 Å². The van der Waals surface area contributed by atoms with Crippen molar-refractivity contribution in [2.24, 2.45) is 0 Å². The Balaban J connectivity index is 1.58. The molecule has 0 saturated carbocycles. The molecular formula is C41H26O. The van der Waals surface area contributed by atoms with Gasteiger partial charge in [0, 0.05) is 16.2 Å². The molecule has 0 unspecified atom stereocenters. The fourth-order valence-corrected chi connectivity index (χ4v) is 6.48. The van der Waals surface area contributed by atoms with Crippen LogP contribution in [0.1, 0.15) is 15.2 Å². The molecule has 0 bridgehead atoms. The molecule has 0 aliphatic carbocycles. The zero-order chi connectivity index (χ0) is 33.9. The van der Waals surface area contributed by atoms with Gasteiger partial charge in [-0.15, -0.1) is 0 Å². The Morgan fingerprint density at radius 2 is 1.29 bits per heavy atom. The van der Waals surface area contributed by atoms with E-state index in [0.717, 1.165) is 32.3 Å². The van der Waals surface area contributed by atoms with E-state index >= 15 is 0 Å². The highest BCUT2D eigenvalue weighted by Gasteiger charge is 2.21. The van der Waals surface area contributed by atoms with E-state index in [-0.39, 0.29) is 53.1 Å². The number of furan rings is 1. The lowest BCUT2D eigenvalue weighted by molar-refractivity contribution is 0.673. The van der Waals surface area contributed by atoms with E-state index in [1.165, 1.54) is 0 Å². The van der Waals surface area contributed by atoms with Crippen LogP contribution in [-0.4, -0.2) is 0 Å². The predicted molar refractivity (Wildman–Crippen MR) is 179 cm³/mol. The maximum atomic E-state index is 9.52. The third-order valence-corrected chi connectivity index (χ3v) is 8.32. The van der Waals surface area contributed by atoms with E-state index in [9.17, 15) is 5.48 Å². The summed E-state index contributed by atoms with van der Waals surface area (Å²) in [5.74, 6) is 0. The topological polar surface area (TPSA) is 13.1 Å². The molecule has 0 radical (unpaired) electrons. The Labute approximate surface area is 253 Å². The molecule has 0 spiro atoms. The molecule has 0 saturated heterocycles. The molecule has 0 atom stereocenters. The van der Waals surface area contributed by atoms with Crippen LogP contribution < -0.4 is 0 Å². The summed E-state index contributed by atoms with van der Waals surface area (Å²) in [5, 5.41) is 6.62. The van der Waals surface area contributed by atoms with Gasteiger partial charge in [-0.25, -0.2) is 0 Å². The van der Waals surface area contributed by atoms with Crippen molar-refractivity contribution in [3.8, 4) is 22.3 Å². The monoisotopic (exact) mass is 541 g/mol. The molecular weight excluding hydrogens is 508 g/mol. The molecule has 8 aromatic carbocycles. The molecule has 9 rings (SSSR count). The SMILES string of the molecule is [2H]c1c([2H])c([2H])c2c(-c3cccc4oc5c6ccccc6ccc5c34)c3c([2H])c(C)c([2H])c([2H])c3c(-c3ccc4ccccc4c3)c2c1[2H]. The number of rotatable bonds is 2. The largest absolute Gasteiger partial charge is 0.455 e. The molecule has 196 valence electrons. The molecule has 42 heavy (non-hydrogen) atoms. The van der Waals surface area contributed by atoms with Crippen LogP contribution in [0.3, 0.4) is 0 Å². The average Bonchev–Trinajstić information content (AvgIpc) is 3.53. The summed E-state index contributed by atoms with van der Waals surface area (Å²) in [7, 11) is 0. The molecule has 0 N–H and O–H groups in total. The summed E-state index contributed by atoms with van der Waals surface area (Å²) in [6, 6.07) is 29.8. The van der Waals surface area contributed by atoms with Crippen molar-refractivity contribution in [3.63, 3.8) is 0 Å². The van der Waals surface area contributed by atoms with Gasteiger partial charge < -0.3 is 4.42 Å². The molecule has 1 nitrogen and oxygen atoms in total. The minimum Gasteiger partial charge on any atom is -0.455 e. The first-order valence-electron chi connectivity index (χ1n) is 17.5. The lowest BCUT2D eigenvalue weighted by atomic mass is 9.84. The molecule has 1 heteroatoms. The second kappa shape index (κ2) is 8.80. The zero-order valence-corrected chi connectivity index (χ0v) is 22.6. The van der Waals surface area contributed by atoms with E-state index in [1.54, 1.807) is 6.92 Å². The van der Waals surface area contributed by atoms with Crippen LogP contribution >= 0.6 is 0 Å². The smallest absolute Gasteiger partial charge is 0.143 e. The van der Waals surface area contributed by atoms with Crippen LogP contribution in [0.25, 0.3) is 87.3 Å². The first kappa shape index (κ1) is 17.4. The Kier molecular flexibility index (Phi) is 3.65. The summed E-state index contributed by atoms with van der Waals surface area (Å²) in [4.78, 5) is 0. The molecule has 0 aliphatic rings. The highest BCUT2D eigenvalue weighted by Crippen LogP contribution is 2.47. The van der Waals surface area contributed by atoms with Crippen molar-refractivity contribution in [2.75, 3.05) is 0 Å². The van der Waals surface area contributed by atoms with Gasteiger partial charge in [-0.3, -0.25) is 0 Å². The molecule has 9 aromatic rings. The maximum absolute atomic E-state index is 9.52. The van der Waals surface area contributed by atoms with Crippen LogP contribution in [0.15, 0.2) is 144 Å². The average molecular weight is 542 g/mol. The predicted octanol–water partition coefficient (Wildman–Crippen LogP) is 11.8. The van der Waals surface area contributed by atoms with Crippen molar-refractivity contribution in [2.45, 2.75) is 6.92 Å².